The maximum Gasteiger partial charge on any atom is 0.303 e. The van der Waals surface area contributed by atoms with E-state index in [0.29, 0.717) is 37.0 Å². The molecule has 1 unspecified atom stereocenters. The highest BCUT2D eigenvalue weighted by atomic mass is 35.5. The van der Waals surface area contributed by atoms with E-state index in [4.69, 9.17) is 31.9 Å². The average Bonchev–Trinajstić information content (AvgIpc) is 2.41. The van der Waals surface area contributed by atoms with Crippen molar-refractivity contribution in [2.45, 2.75) is 25.8 Å². The third kappa shape index (κ3) is 4.33. The molecule has 116 valence electrons. The summed E-state index contributed by atoms with van der Waals surface area (Å²) in [6.07, 6.45) is 0.413. The highest BCUT2D eigenvalue weighted by Crippen LogP contribution is 2.32. The smallest absolute Gasteiger partial charge is 0.303 e. The molecular formula is C15H20ClNO4. The molecule has 1 aromatic rings. The number of aliphatic carboxylic acids is 1. The molecule has 1 fully saturated rings. The van der Waals surface area contributed by atoms with Crippen molar-refractivity contribution in [3.8, 4) is 5.75 Å². The molecular weight excluding hydrogens is 294 g/mol. The van der Waals surface area contributed by atoms with Crippen molar-refractivity contribution in [3.63, 3.8) is 0 Å². The van der Waals surface area contributed by atoms with Crippen LogP contribution in [0, 0.1) is 5.41 Å². The Bertz CT molecular complexity index is 516. The molecule has 21 heavy (non-hydrogen) atoms. The van der Waals surface area contributed by atoms with Crippen molar-refractivity contribution >= 4 is 17.6 Å². The minimum atomic E-state index is -0.854. The molecule has 1 atom stereocenters. The van der Waals surface area contributed by atoms with E-state index in [9.17, 15) is 4.79 Å². The van der Waals surface area contributed by atoms with Gasteiger partial charge in [-0.2, -0.15) is 0 Å². The third-order valence-electron chi connectivity index (χ3n) is 3.53. The number of hydrogen-bond acceptors (Lipinski definition) is 4. The standard InChI is InChI=1S/C15H20ClNO4/c1-15(7-20-8-15)9-21-13-4-2-10(6-11(13)16)12(17)3-5-14(18)19/h2,4,6,12H,3,5,7-9,17H2,1H3,(H,18,19). The molecule has 0 aromatic heterocycles. The van der Waals surface area contributed by atoms with Crippen molar-refractivity contribution < 1.29 is 19.4 Å². The monoisotopic (exact) mass is 313 g/mol. The minimum Gasteiger partial charge on any atom is -0.491 e. The number of rotatable bonds is 7. The van der Waals surface area contributed by atoms with Crippen LogP contribution >= 0.6 is 11.6 Å². The summed E-state index contributed by atoms with van der Waals surface area (Å²) in [5, 5.41) is 9.16. The molecule has 0 saturated carbocycles. The van der Waals surface area contributed by atoms with Gasteiger partial charge in [-0.15, -0.1) is 0 Å². The predicted molar refractivity (Wildman–Crippen MR) is 79.7 cm³/mol. The molecule has 1 saturated heterocycles. The summed E-state index contributed by atoms with van der Waals surface area (Å²) in [5.74, 6) is -0.244. The Morgan fingerprint density at radius 2 is 2.29 bits per heavy atom. The van der Waals surface area contributed by atoms with Crippen LogP contribution in [-0.2, 0) is 9.53 Å². The van der Waals surface area contributed by atoms with Crippen LogP contribution in [0.2, 0.25) is 5.02 Å². The first-order chi connectivity index (χ1) is 9.89. The molecule has 0 amide bonds. The van der Waals surface area contributed by atoms with Crippen molar-refractivity contribution in [1.29, 1.82) is 0 Å². The average molecular weight is 314 g/mol. The maximum absolute atomic E-state index is 10.6. The van der Waals surface area contributed by atoms with Gasteiger partial charge in [-0.05, 0) is 24.1 Å². The summed E-state index contributed by atoms with van der Waals surface area (Å²) in [5.41, 5.74) is 6.82. The van der Waals surface area contributed by atoms with Gasteiger partial charge in [-0.25, -0.2) is 0 Å². The van der Waals surface area contributed by atoms with Crippen LogP contribution in [0.3, 0.4) is 0 Å². The Morgan fingerprint density at radius 3 is 2.81 bits per heavy atom. The highest BCUT2D eigenvalue weighted by Gasteiger charge is 2.34. The van der Waals surface area contributed by atoms with E-state index in [2.05, 4.69) is 6.92 Å². The lowest BCUT2D eigenvalue weighted by molar-refractivity contribution is -0.137. The molecule has 0 bridgehead atoms. The molecule has 0 aliphatic carbocycles. The van der Waals surface area contributed by atoms with Crippen molar-refractivity contribution in [1.82, 2.24) is 0 Å². The molecule has 6 heteroatoms. The lowest BCUT2D eigenvalue weighted by Gasteiger charge is -2.37. The van der Waals surface area contributed by atoms with Crippen LogP contribution < -0.4 is 10.5 Å². The number of benzene rings is 1. The van der Waals surface area contributed by atoms with Crippen molar-refractivity contribution in [2.75, 3.05) is 19.8 Å². The summed E-state index contributed by atoms with van der Waals surface area (Å²) < 4.78 is 10.9. The molecule has 1 aliphatic heterocycles. The van der Waals surface area contributed by atoms with Gasteiger partial charge in [-0.1, -0.05) is 24.6 Å². The number of nitrogens with two attached hydrogens (primary N) is 1. The van der Waals surface area contributed by atoms with Crippen LogP contribution in [0.15, 0.2) is 18.2 Å². The van der Waals surface area contributed by atoms with E-state index in [1.165, 1.54) is 0 Å². The quantitative estimate of drug-likeness (QED) is 0.808. The summed E-state index contributed by atoms with van der Waals surface area (Å²) >= 11 is 6.20. The lowest BCUT2D eigenvalue weighted by atomic mass is 9.90. The second kappa shape index (κ2) is 6.64. The molecule has 3 N–H and O–H groups in total. The zero-order chi connectivity index (χ0) is 15.5. The number of carboxylic acid groups (broad SMARTS) is 1. The van der Waals surface area contributed by atoms with Gasteiger partial charge in [-0.3, -0.25) is 4.79 Å². The van der Waals surface area contributed by atoms with Gasteiger partial charge >= 0.3 is 5.97 Å². The second-order valence-electron chi connectivity index (χ2n) is 5.82. The number of hydrogen-bond donors (Lipinski definition) is 2. The Hall–Kier alpha value is -1.30. The summed E-state index contributed by atoms with van der Waals surface area (Å²) in [7, 11) is 0. The van der Waals surface area contributed by atoms with Crippen LogP contribution in [0.5, 0.6) is 5.75 Å². The van der Waals surface area contributed by atoms with E-state index in [1.807, 2.05) is 6.07 Å². The first-order valence-corrected chi connectivity index (χ1v) is 7.25. The SMILES string of the molecule is CC1(COc2ccc(C(N)CCC(=O)O)cc2Cl)COC1. The van der Waals surface area contributed by atoms with E-state index >= 15 is 0 Å². The van der Waals surface area contributed by atoms with Crippen LogP contribution in [0.25, 0.3) is 0 Å². The van der Waals surface area contributed by atoms with Gasteiger partial charge < -0.3 is 20.3 Å². The lowest BCUT2D eigenvalue weighted by Crippen LogP contribution is -2.44. The fourth-order valence-corrected chi connectivity index (χ4v) is 2.34. The van der Waals surface area contributed by atoms with Crippen molar-refractivity contribution in [3.05, 3.63) is 28.8 Å². The Balaban J connectivity index is 1.94. The fourth-order valence-electron chi connectivity index (χ4n) is 2.10. The molecule has 1 heterocycles. The first-order valence-electron chi connectivity index (χ1n) is 6.87. The zero-order valence-electron chi connectivity index (χ0n) is 12.0. The Kier molecular flexibility index (Phi) is 5.08. The fraction of sp³-hybridized carbons (Fsp3) is 0.533. The molecule has 5 nitrogen and oxygen atoms in total. The second-order valence-corrected chi connectivity index (χ2v) is 6.23. The summed E-state index contributed by atoms with van der Waals surface area (Å²) in [4.78, 5) is 10.6. The largest absolute Gasteiger partial charge is 0.491 e. The van der Waals surface area contributed by atoms with Gasteiger partial charge in [0.25, 0.3) is 0 Å². The minimum absolute atomic E-state index is 0.0371. The molecule has 1 aromatic carbocycles. The predicted octanol–water partition coefficient (Wildman–Crippen LogP) is 2.62. The number of halogens is 1. The van der Waals surface area contributed by atoms with Gasteiger partial charge in [0.05, 0.1) is 24.8 Å². The molecule has 1 aliphatic rings. The van der Waals surface area contributed by atoms with Crippen LogP contribution in [-0.4, -0.2) is 30.9 Å². The molecule has 2 rings (SSSR count). The molecule has 0 spiro atoms. The number of carboxylic acids is 1. The number of ether oxygens (including phenoxy) is 2. The van der Waals surface area contributed by atoms with Crippen molar-refractivity contribution in [2.24, 2.45) is 11.1 Å². The van der Waals surface area contributed by atoms with E-state index in [-0.39, 0.29) is 17.9 Å². The summed E-state index contributed by atoms with van der Waals surface area (Å²) in [6.45, 7) is 4.04. The Morgan fingerprint density at radius 1 is 1.57 bits per heavy atom. The molecule has 0 radical (unpaired) electrons. The van der Waals surface area contributed by atoms with Crippen LogP contribution in [0.4, 0.5) is 0 Å². The van der Waals surface area contributed by atoms with E-state index in [0.717, 1.165) is 5.56 Å². The maximum atomic E-state index is 10.6. The first kappa shape index (κ1) is 16.1. The Labute approximate surface area is 129 Å². The summed E-state index contributed by atoms with van der Waals surface area (Å²) in [6, 6.07) is 5.00. The highest BCUT2D eigenvalue weighted by molar-refractivity contribution is 6.32. The van der Waals surface area contributed by atoms with E-state index in [1.54, 1.807) is 12.1 Å². The van der Waals surface area contributed by atoms with E-state index < -0.39 is 5.97 Å². The van der Waals surface area contributed by atoms with Crippen LogP contribution in [0.1, 0.15) is 31.4 Å². The number of carbonyl (C=O) groups is 1. The topological polar surface area (TPSA) is 81.8 Å². The van der Waals surface area contributed by atoms with Gasteiger partial charge in [0.2, 0.25) is 0 Å². The normalized spacial score (nSPS) is 17.9. The zero-order valence-corrected chi connectivity index (χ0v) is 12.7. The van der Waals surface area contributed by atoms with Gasteiger partial charge in [0.1, 0.15) is 5.75 Å². The van der Waals surface area contributed by atoms with Gasteiger partial charge in [0.15, 0.2) is 0 Å². The third-order valence-corrected chi connectivity index (χ3v) is 3.83. The van der Waals surface area contributed by atoms with Gasteiger partial charge in [0, 0.05) is 17.9 Å².